The van der Waals surface area contributed by atoms with Crippen LogP contribution in [0.25, 0.3) is 11.1 Å². The van der Waals surface area contributed by atoms with E-state index in [1.54, 1.807) is 4.68 Å². The third-order valence-electron chi connectivity index (χ3n) is 3.06. The molecule has 2 rings (SSSR count). The largest absolute Gasteiger partial charge is 0.383 e. The number of anilines is 1. The lowest BCUT2D eigenvalue weighted by atomic mass is 10.0. The molecule has 96 valence electrons. The lowest BCUT2D eigenvalue weighted by Crippen LogP contribution is -1.97. The molecule has 3 nitrogen and oxygen atoms in total. The molecule has 0 saturated heterocycles. The fourth-order valence-corrected chi connectivity index (χ4v) is 2.17. The molecule has 0 saturated carbocycles. The van der Waals surface area contributed by atoms with Gasteiger partial charge >= 0.3 is 0 Å². The van der Waals surface area contributed by atoms with E-state index in [9.17, 15) is 0 Å². The third kappa shape index (κ3) is 2.51. The first-order chi connectivity index (χ1) is 8.63. The van der Waals surface area contributed by atoms with Crippen molar-refractivity contribution in [2.24, 2.45) is 7.05 Å². The van der Waals surface area contributed by atoms with E-state index in [2.05, 4.69) is 12.0 Å². The highest BCUT2D eigenvalue weighted by molar-refractivity contribution is 6.30. The van der Waals surface area contributed by atoms with Gasteiger partial charge in [-0.1, -0.05) is 37.1 Å². The quantitative estimate of drug-likeness (QED) is 0.915. The monoisotopic (exact) mass is 263 g/mol. The maximum absolute atomic E-state index is 6.11. The Bertz CT molecular complexity index is 529. The van der Waals surface area contributed by atoms with Crippen LogP contribution in [0.1, 0.15) is 25.5 Å². The number of unbranched alkanes of at least 4 members (excludes halogenated alkanes) is 1. The fraction of sp³-hybridized carbons (Fsp3) is 0.357. The molecular formula is C14H18ClN3. The Kier molecular flexibility index (Phi) is 3.92. The molecule has 18 heavy (non-hydrogen) atoms. The predicted octanol–water partition coefficient (Wildman–Crippen LogP) is 3.67. The van der Waals surface area contributed by atoms with Crippen molar-refractivity contribution in [2.75, 3.05) is 5.73 Å². The molecule has 0 aliphatic heterocycles. The van der Waals surface area contributed by atoms with E-state index in [0.29, 0.717) is 5.82 Å². The molecule has 0 amide bonds. The SMILES string of the molecule is CCCCc1nn(C)c(N)c1-c1ccc(Cl)cc1. The molecule has 2 N–H and O–H groups in total. The van der Waals surface area contributed by atoms with Crippen LogP contribution in [-0.4, -0.2) is 9.78 Å². The summed E-state index contributed by atoms with van der Waals surface area (Å²) in [5.41, 5.74) is 9.31. The van der Waals surface area contributed by atoms with Gasteiger partial charge in [0, 0.05) is 17.6 Å². The standard InChI is InChI=1S/C14H18ClN3/c1-3-4-5-12-13(14(16)18(2)17-12)10-6-8-11(15)9-7-10/h6-9H,3-5,16H2,1-2H3. The minimum atomic E-state index is 0.712. The van der Waals surface area contributed by atoms with Crippen LogP contribution in [0.15, 0.2) is 24.3 Å². The van der Waals surface area contributed by atoms with Crippen molar-refractivity contribution >= 4 is 17.4 Å². The normalized spacial score (nSPS) is 10.8. The van der Waals surface area contributed by atoms with E-state index < -0.39 is 0 Å². The number of aryl methyl sites for hydroxylation is 2. The van der Waals surface area contributed by atoms with Crippen molar-refractivity contribution in [3.8, 4) is 11.1 Å². The zero-order valence-electron chi connectivity index (χ0n) is 10.8. The number of nitrogens with zero attached hydrogens (tertiary/aromatic N) is 2. The van der Waals surface area contributed by atoms with E-state index in [1.807, 2.05) is 31.3 Å². The molecule has 0 radical (unpaired) electrons. The van der Waals surface area contributed by atoms with E-state index >= 15 is 0 Å². The fourth-order valence-electron chi connectivity index (χ4n) is 2.04. The smallest absolute Gasteiger partial charge is 0.129 e. The second-order valence-electron chi connectivity index (χ2n) is 4.44. The molecule has 0 spiro atoms. The first-order valence-electron chi connectivity index (χ1n) is 6.20. The molecule has 2 aromatic rings. The average molecular weight is 264 g/mol. The van der Waals surface area contributed by atoms with Crippen molar-refractivity contribution in [1.82, 2.24) is 9.78 Å². The van der Waals surface area contributed by atoms with Gasteiger partial charge in [-0.3, -0.25) is 4.68 Å². The number of hydrogen-bond acceptors (Lipinski definition) is 2. The highest BCUT2D eigenvalue weighted by Crippen LogP contribution is 2.31. The number of nitrogens with two attached hydrogens (primary N) is 1. The molecule has 0 unspecified atom stereocenters. The van der Waals surface area contributed by atoms with Crippen LogP contribution >= 0.6 is 11.6 Å². The van der Waals surface area contributed by atoms with Crippen LogP contribution in [0.3, 0.4) is 0 Å². The molecule has 0 bridgehead atoms. The first kappa shape index (κ1) is 13.0. The van der Waals surface area contributed by atoms with Gasteiger partial charge in [-0.25, -0.2) is 0 Å². The number of nitrogen functional groups attached to an aromatic ring is 1. The summed E-state index contributed by atoms with van der Waals surface area (Å²) in [6.45, 7) is 2.17. The molecule has 0 atom stereocenters. The summed E-state index contributed by atoms with van der Waals surface area (Å²) in [5, 5.41) is 5.24. The van der Waals surface area contributed by atoms with Gasteiger partial charge in [-0.15, -0.1) is 0 Å². The van der Waals surface area contributed by atoms with Gasteiger partial charge in [0.05, 0.1) is 5.69 Å². The number of benzene rings is 1. The van der Waals surface area contributed by atoms with E-state index in [1.165, 1.54) is 0 Å². The molecule has 1 aromatic carbocycles. The van der Waals surface area contributed by atoms with Gasteiger partial charge in [0.25, 0.3) is 0 Å². The van der Waals surface area contributed by atoms with E-state index in [-0.39, 0.29) is 0 Å². The summed E-state index contributed by atoms with van der Waals surface area (Å²) < 4.78 is 1.74. The topological polar surface area (TPSA) is 43.8 Å². The van der Waals surface area contributed by atoms with Crippen LogP contribution in [0.2, 0.25) is 5.02 Å². The Morgan fingerprint density at radius 1 is 1.28 bits per heavy atom. The minimum absolute atomic E-state index is 0.712. The zero-order chi connectivity index (χ0) is 13.1. The van der Waals surface area contributed by atoms with Gasteiger partial charge in [0.15, 0.2) is 0 Å². The van der Waals surface area contributed by atoms with Crippen LogP contribution in [0.4, 0.5) is 5.82 Å². The third-order valence-corrected chi connectivity index (χ3v) is 3.32. The van der Waals surface area contributed by atoms with Crippen molar-refractivity contribution in [3.63, 3.8) is 0 Å². The summed E-state index contributed by atoms with van der Waals surface area (Å²) in [5.74, 6) is 0.712. The maximum Gasteiger partial charge on any atom is 0.129 e. The molecule has 0 aliphatic rings. The molecule has 0 fully saturated rings. The van der Waals surface area contributed by atoms with Crippen molar-refractivity contribution in [1.29, 1.82) is 0 Å². The van der Waals surface area contributed by atoms with Crippen LogP contribution < -0.4 is 5.73 Å². The Morgan fingerprint density at radius 2 is 1.94 bits per heavy atom. The summed E-state index contributed by atoms with van der Waals surface area (Å²) >= 11 is 5.92. The number of halogens is 1. The molecule has 0 aliphatic carbocycles. The van der Waals surface area contributed by atoms with E-state index in [0.717, 1.165) is 41.1 Å². The Hall–Kier alpha value is -1.48. The molecule has 4 heteroatoms. The van der Waals surface area contributed by atoms with Gasteiger partial charge in [-0.2, -0.15) is 5.10 Å². The van der Waals surface area contributed by atoms with Crippen LogP contribution in [0.5, 0.6) is 0 Å². The van der Waals surface area contributed by atoms with Gasteiger partial charge < -0.3 is 5.73 Å². The van der Waals surface area contributed by atoms with Crippen LogP contribution in [-0.2, 0) is 13.5 Å². The van der Waals surface area contributed by atoms with Gasteiger partial charge in [0.2, 0.25) is 0 Å². The number of rotatable bonds is 4. The van der Waals surface area contributed by atoms with Crippen LogP contribution in [0, 0.1) is 0 Å². The Morgan fingerprint density at radius 3 is 2.56 bits per heavy atom. The van der Waals surface area contributed by atoms with Crippen molar-refractivity contribution in [2.45, 2.75) is 26.2 Å². The Labute approximate surface area is 113 Å². The highest BCUT2D eigenvalue weighted by atomic mass is 35.5. The second kappa shape index (κ2) is 5.44. The lowest BCUT2D eigenvalue weighted by molar-refractivity contribution is 0.718. The number of hydrogen-bond donors (Lipinski definition) is 1. The number of aromatic nitrogens is 2. The summed E-state index contributed by atoms with van der Waals surface area (Å²) in [4.78, 5) is 0. The Balaban J connectivity index is 2.44. The van der Waals surface area contributed by atoms with Crippen molar-refractivity contribution < 1.29 is 0 Å². The summed E-state index contributed by atoms with van der Waals surface area (Å²) in [6, 6.07) is 7.75. The summed E-state index contributed by atoms with van der Waals surface area (Å²) in [6.07, 6.45) is 3.23. The average Bonchev–Trinajstić information content (AvgIpc) is 2.64. The predicted molar refractivity (Wildman–Crippen MR) is 76.7 cm³/mol. The minimum Gasteiger partial charge on any atom is -0.383 e. The molecule has 1 heterocycles. The van der Waals surface area contributed by atoms with Gasteiger partial charge in [-0.05, 0) is 30.5 Å². The summed E-state index contributed by atoms with van der Waals surface area (Å²) in [7, 11) is 1.88. The zero-order valence-corrected chi connectivity index (χ0v) is 11.5. The first-order valence-corrected chi connectivity index (χ1v) is 6.58. The highest BCUT2D eigenvalue weighted by Gasteiger charge is 2.15. The molecular weight excluding hydrogens is 246 g/mol. The van der Waals surface area contributed by atoms with Gasteiger partial charge in [0.1, 0.15) is 5.82 Å². The second-order valence-corrected chi connectivity index (χ2v) is 4.88. The lowest BCUT2D eigenvalue weighted by Gasteiger charge is -2.04. The van der Waals surface area contributed by atoms with Crippen molar-refractivity contribution in [3.05, 3.63) is 35.0 Å². The maximum atomic E-state index is 6.11. The molecule has 1 aromatic heterocycles. The van der Waals surface area contributed by atoms with E-state index in [4.69, 9.17) is 17.3 Å².